The van der Waals surface area contributed by atoms with Crippen LogP contribution in [0.2, 0.25) is 0 Å². The Labute approximate surface area is 258 Å². The maximum atomic E-state index is 15.1. The highest BCUT2D eigenvalue weighted by Crippen LogP contribution is 2.48. The summed E-state index contributed by atoms with van der Waals surface area (Å²) in [5.74, 6) is -2.51. The number of ether oxygens (including phenoxy) is 3. The first-order chi connectivity index (χ1) is 21.1. The SMILES string of the molecule is COCCC(NC(=O)OC(C)(C)C)c1cc(NC(=O)c2cc(C(F)(F)F)c(C3CC3)cc2Oc2ccc(F)cc2C)ccc1F. The van der Waals surface area contributed by atoms with E-state index in [2.05, 4.69) is 10.6 Å². The minimum Gasteiger partial charge on any atom is -0.456 e. The van der Waals surface area contributed by atoms with Crippen molar-refractivity contribution in [1.29, 1.82) is 0 Å². The van der Waals surface area contributed by atoms with E-state index in [0.717, 1.165) is 18.2 Å². The third-order valence-electron chi connectivity index (χ3n) is 7.01. The molecule has 1 aliphatic rings. The smallest absolute Gasteiger partial charge is 0.416 e. The quantitative estimate of drug-likeness (QED) is 0.218. The van der Waals surface area contributed by atoms with Crippen LogP contribution in [0.15, 0.2) is 48.5 Å². The van der Waals surface area contributed by atoms with Crippen LogP contribution in [-0.2, 0) is 15.7 Å². The Bertz CT molecular complexity index is 1560. The van der Waals surface area contributed by atoms with Crippen LogP contribution < -0.4 is 15.4 Å². The number of alkyl halides is 3. The number of carbonyl (C=O) groups excluding carboxylic acids is 2. The zero-order chi connectivity index (χ0) is 33.1. The third-order valence-corrected chi connectivity index (χ3v) is 7.01. The fourth-order valence-corrected chi connectivity index (χ4v) is 4.76. The van der Waals surface area contributed by atoms with Crippen LogP contribution in [0.25, 0.3) is 0 Å². The monoisotopic (exact) mass is 634 g/mol. The highest BCUT2D eigenvalue weighted by molar-refractivity contribution is 6.06. The molecule has 0 aliphatic heterocycles. The average Bonchev–Trinajstić information content (AvgIpc) is 3.77. The van der Waals surface area contributed by atoms with Crippen molar-refractivity contribution in [2.75, 3.05) is 19.0 Å². The number of aryl methyl sites for hydroxylation is 1. The van der Waals surface area contributed by atoms with Crippen LogP contribution in [-0.4, -0.2) is 31.3 Å². The molecule has 0 spiro atoms. The first-order valence-corrected chi connectivity index (χ1v) is 14.3. The van der Waals surface area contributed by atoms with E-state index < -0.39 is 52.6 Å². The van der Waals surface area contributed by atoms with E-state index >= 15 is 4.39 Å². The number of benzene rings is 3. The second-order valence-electron chi connectivity index (χ2n) is 11.9. The van der Waals surface area contributed by atoms with Gasteiger partial charge in [-0.25, -0.2) is 13.6 Å². The van der Waals surface area contributed by atoms with Gasteiger partial charge in [0, 0.05) is 25.0 Å². The molecule has 2 N–H and O–H groups in total. The molecule has 1 aliphatic carbocycles. The molecule has 0 saturated heterocycles. The number of anilines is 1. The zero-order valence-electron chi connectivity index (χ0n) is 25.5. The number of amides is 2. The number of methoxy groups -OCH3 is 1. The van der Waals surface area contributed by atoms with Crippen molar-refractivity contribution in [2.45, 2.75) is 70.7 Å². The summed E-state index contributed by atoms with van der Waals surface area (Å²) in [5, 5.41) is 5.14. The minimum atomic E-state index is -4.75. The van der Waals surface area contributed by atoms with Crippen molar-refractivity contribution >= 4 is 17.7 Å². The molecule has 242 valence electrons. The number of alkyl carbamates (subject to hydrolysis) is 1. The average molecular weight is 635 g/mol. The van der Waals surface area contributed by atoms with Crippen molar-refractivity contribution < 1.29 is 45.8 Å². The largest absolute Gasteiger partial charge is 0.456 e. The summed E-state index contributed by atoms with van der Waals surface area (Å²) in [7, 11) is 1.44. The zero-order valence-corrected chi connectivity index (χ0v) is 25.5. The van der Waals surface area contributed by atoms with Gasteiger partial charge in [0.25, 0.3) is 5.91 Å². The van der Waals surface area contributed by atoms with Crippen LogP contribution in [0.4, 0.5) is 32.4 Å². The second-order valence-corrected chi connectivity index (χ2v) is 11.9. The molecule has 12 heteroatoms. The fourth-order valence-electron chi connectivity index (χ4n) is 4.76. The van der Waals surface area contributed by atoms with Crippen molar-refractivity contribution in [3.8, 4) is 11.5 Å². The van der Waals surface area contributed by atoms with E-state index in [1.165, 1.54) is 37.4 Å². The Hall–Kier alpha value is -4.19. The predicted octanol–water partition coefficient (Wildman–Crippen LogP) is 8.82. The minimum absolute atomic E-state index is 0.00539. The van der Waals surface area contributed by atoms with Crippen LogP contribution in [0.3, 0.4) is 0 Å². The van der Waals surface area contributed by atoms with Gasteiger partial charge in [-0.05, 0) is 113 Å². The van der Waals surface area contributed by atoms with Gasteiger partial charge in [-0.1, -0.05) is 0 Å². The molecule has 0 aromatic heterocycles. The van der Waals surface area contributed by atoms with E-state index in [1.54, 1.807) is 27.7 Å². The number of rotatable bonds is 10. The molecule has 2 amide bonds. The number of halogens is 5. The van der Waals surface area contributed by atoms with Gasteiger partial charge in [-0.2, -0.15) is 13.2 Å². The van der Waals surface area contributed by atoms with Crippen molar-refractivity contribution in [3.63, 3.8) is 0 Å². The molecule has 45 heavy (non-hydrogen) atoms. The standard InChI is InChI=1S/C33H35F5N2O5/c1-18-14-20(34)8-11-28(18)44-29-17-22(19-6-7-19)25(33(36,37)38)16-24(29)30(41)39-21-9-10-26(35)23(15-21)27(12-13-43-5)40-31(42)45-32(2,3)4/h8-11,14-17,19,27H,6-7,12-13H2,1-5H3,(H,39,41)(H,40,42). The molecule has 4 rings (SSSR count). The number of carbonyl (C=O) groups is 2. The Balaban J connectivity index is 1.71. The molecule has 3 aromatic carbocycles. The Morgan fingerprint density at radius 1 is 0.978 bits per heavy atom. The molecule has 0 radical (unpaired) electrons. The van der Waals surface area contributed by atoms with Gasteiger partial charge in [-0.3, -0.25) is 4.79 Å². The van der Waals surface area contributed by atoms with E-state index in [1.807, 2.05) is 0 Å². The second kappa shape index (κ2) is 13.4. The van der Waals surface area contributed by atoms with Gasteiger partial charge in [0.05, 0.1) is 17.2 Å². The summed E-state index contributed by atoms with van der Waals surface area (Å²) in [4.78, 5) is 26.1. The Kier molecular flexibility index (Phi) is 10.1. The number of nitrogens with one attached hydrogen (secondary N) is 2. The van der Waals surface area contributed by atoms with Crippen LogP contribution >= 0.6 is 0 Å². The van der Waals surface area contributed by atoms with Crippen molar-refractivity contribution in [3.05, 3.63) is 88.0 Å². The lowest BCUT2D eigenvalue weighted by Gasteiger charge is -2.24. The molecule has 1 atom stereocenters. The van der Waals surface area contributed by atoms with Gasteiger partial charge < -0.3 is 24.8 Å². The van der Waals surface area contributed by atoms with Gasteiger partial charge in [-0.15, -0.1) is 0 Å². The van der Waals surface area contributed by atoms with Gasteiger partial charge in [0.1, 0.15) is 28.7 Å². The molecule has 0 heterocycles. The van der Waals surface area contributed by atoms with Crippen molar-refractivity contribution in [1.82, 2.24) is 5.32 Å². The highest BCUT2D eigenvalue weighted by Gasteiger charge is 2.40. The maximum Gasteiger partial charge on any atom is 0.416 e. The first kappa shape index (κ1) is 33.7. The third kappa shape index (κ3) is 8.93. The lowest BCUT2D eigenvalue weighted by Crippen LogP contribution is -2.35. The topological polar surface area (TPSA) is 85.9 Å². The lowest BCUT2D eigenvalue weighted by molar-refractivity contribution is -0.138. The van der Waals surface area contributed by atoms with Crippen LogP contribution in [0.5, 0.6) is 11.5 Å². The van der Waals surface area contributed by atoms with E-state index in [0.29, 0.717) is 18.4 Å². The molecular formula is C33H35F5N2O5. The number of hydrogen-bond donors (Lipinski definition) is 2. The molecular weight excluding hydrogens is 599 g/mol. The molecule has 3 aromatic rings. The summed E-state index contributed by atoms with van der Waals surface area (Å²) in [5.41, 5.74) is -1.78. The molecule has 7 nitrogen and oxygen atoms in total. The van der Waals surface area contributed by atoms with E-state index in [-0.39, 0.29) is 47.3 Å². The summed E-state index contributed by atoms with van der Waals surface area (Å²) in [6, 6.07) is 8.28. The van der Waals surface area contributed by atoms with Crippen molar-refractivity contribution in [2.24, 2.45) is 0 Å². The Morgan fingerprint density at radius 2 is 1.69 bits per heavy atom. The molecule has 1 unspecified atom stereocenters. The van der Waals surface area contributed by atoms with Gasteiger partial charge >= 0.3 is 12.3 Å². The molecule has 0 bridgehead atoms. The maximum absolute atomic E-state index is 15.1. The summed E-state index contributed by atoms with van der Waals surface area (Å²) in [6.45, 7) is 6.72. The summed E-state index contributed by atoms with van der Waals surface area (Å²) >= 11 is 0. The Morgan fingerprint density at radius 3 is 2.29 bits per heavy atom. The van der Waals surface area contributed by atoms with E-state index in [4.69, 9.17) is 14.2 Å². The van der Waals surface area contributed by atoms with Gasteiger partial charge in [0.15, 0.2) is 0 Å². The van der Waals surface area contributed by atoms with Crippen LogP contribution in [0, 0.1) is 18.6 Å². The number of hydrogen-bond acceptors (Lipinski definition) is 5. The molecule has 1 saturated carbocycles. The van der Waals surface area contributed by atoms with E-state index in [9.17, 15) is 27.2 Å². The summed E-state index contributed by atoms with van der Waals surface area (Å²) in [6.07, 6.45) is -4.28. The molecule has 1 fully saturated rings. The fraction of sp³-hybridized carbons (Fsp3) is 0.394. The van der Waals surface area contributed by atoms with Crippen LogP contribution in [0.1, 0.15) is 84.6 Å². The summed E-state index contributed by atoms with van der Waals surface area (Å²) < 4.78 is 87.6. The normalized spacial score (nSPS) is 14.1. The predicted molar refractivity (Wildman–Crippen MR) is 158 cm³/mol. The lowest BCUT2D eigenvalue weighted by atomic mass is 9.98. The first-order valence-electron chi connectivity index (χ1n) is 14.3. The van der Waals surface area contributed by atoms with Gasteiger partial charge in [0.2, 0.25) is 0 Å². The highest BCUT2D eigenvalue weighted by atomic mass is 19.4.